The van der Waals surface area contributed by atoms with Crippen molar-refractivity contribution in [1.82, 2.24) is 24.5 Å². The van der Waals surface area contributed by atoms with Crippen molar-refractivity contribution in [3.05, 3.63) is 29.6 Å². The van der Waals surface area contributed by atoms with E-state index >= 15 is 0 Å². The summed E-state index contributed by atoms with van der Waals surface area (Å²) in [5.74, 6) is 0.208. The number of carbonyl (C=O) groups excluding carboxylic acids is 1. The predicted molar refractivity (Wildman–Crippen MR) is 167 cm³/mol. The van der Waals surface area contributed by atoms with Crippen molar-refractivity contribution < 1.29 is 45.2 Å². The van der Waals surface area contributed by atoms with E-state index in [-0.39, 0.29) is 12.6 Å². The van der Waals surface area contributed by atoms with E-state index in [0.717, 1.165) is 24.8 Å². The molecule has 0 aliphatic carbocycles. The molecule has 0 saturated carbocycles. The fourth-order valence-electron chi connectivity index (χ4n) is 4.46. The Morgan fingerprint density at radius 3 is 2.28 bits per heavy atom. The largest absolute Gasteiger partial charge is 0.598 e. The van der Waals surface area contributed by atoms with Gasteiger partial charge in [-0.25, -0.2) is 9.78 Å². The van der Waals surface area contributed by atoms with Gasteiger partial charge >= 0.3 is 18.4 Å². The van der Waals surface area contributed by atoms with Crippen LogP contribution in [0, 0.1) is 0 Å². The summed E-state index contributed by atoms with van der Waals surface area (Å²) in [4.78, 5) is 18.2. The second-order valence-corrected chi connectivity index (χ2v) is 21.9. The van der Waals surface area contributed by atoms with Crippen LogP contribution in [0.3, 0.4) is 0 Å². The maximum atomic E-state index is 13.7. The average Bonchev–Trinajstić information content (AvgIpc) is 3.46. The van der Waals surface area contributed by atoms with Gasteiger partial charge in [-0.15, -0.1) is 4.72 Å². The molecule has 17 heteroatoms. The zero-order valence-electron chi connectivity index (χ0n) is 27.7. The van der Waals surface area contributed by atoms with Gasteiger partial charge in [0.05, 0.1) is 30.2 Å². The molecule has 46 heavy (non-hydrogen) atoms. The number of hydrogen-bond donors (Lipinski definition) is 2. The monoisotopic (exact) mass is 701 g/mol. The van der Waals surface area contributed by atoms with E-state index in [1.807, 2.05) is 5.32 Å². The molecule has 4 atom stereocenters. The fourth-order valence-corrected chi connectivity index (χ4v) is 6.00. The molecule has 1 aromatic carbocycles. The van der Waals surface area contributed by atoms with Gasteiger partial charge in [0.2, 0.25) is 0 Å². The van der Waals surface area contributed by atoms with Gasteiger partial charge in [0.25, 0.3) is 0 Å². The highest BCUT2D eigenvalue weighted by molar-refractivity contribution is 7.90. The number of nitrogens with one attached hydrogen (secondary N) is 2. The number of carbonyl (C=O) groups is 1. The van der Waals surface area contributed by atoms with Crippen LogP contribution in [0.2, 0.25) is 25.7 Å². The number of alkyl halides is 6. The molecule has 1 aromatic heterocycles. The van der Waals surface area contributed by atoms with Crippen LogP contribution in [0.25, 0.3) is 11.0 Å². The lowest BCUT2D eigenvalue weighted by Crippen LogP contribution is -2.47. The normalized spacial score (nSPS) is 19.1. The summed E-state index contributed by atoms with van der Waals surface area (Å²) in [7, 11) is -1.46. The van der Waals surface area contributed by atoms with Crippen molar-refractivity contribution in [2.45, 2.75) is 115 Å². The Bertz CT molecular complexity index is 1360. The fraction of sp³-hybridized carbons (Fsp3) is 0.724. The van der Waals surface area contributed by atoms with E-state index in [4.69, 9.17) is 14.5 Å². The Morgan fingerprint density at radius 2 is 1.76 bits per heavy atom. The Balaban J connectivity index is 2.06. The molecular formula is C29H45F6N5O4SSi. The van der Waals surface area contributed by atoms with Gasteiger partial charge in [0.15, 0.2) is 5.60 Å². The SMILES string of the molecule is C[C@H](c1ccc2c(c1)nc([C@H](COC(C)(C)C(F)(F)F)N[S+]([O-])C(C)(C)C)n2COCC[Si](C)(C)C)N1C[C@@H](C(F)(F)F)NC1=O. The number of amides is 2. The van der Waals surface area contributed by atoms with Crippen LogP contribution in [-0.2, 0) is 27.6 Å². The van der Waals surface area contributed by atoms with Crippen LogP contribution in [0.15, 0.2) is 18.2 Å². The summed E-state index contributed by atoms with van der Waals surface area (Å²) in [6, 6.07) is 1.12. The maximum absolute atomic E-state index is 13.7. The van der Waals surface area contributed by atoms with Gasteiger partial charge in [-0.05, 0) is 65.3 Å². The molecule has 3 rings (SSSR count). The summed E-state index contributed by atoms with van der Waals surface area (Å²) in [6.45, 7) is 14.4. The summed E-state index contributed by atoms with van der Waals surface area (Å²) >= 11 is -1.74. The van der Waals surface area contributed by atoms with E-state index in [1.165, 1.54) is 0 Å². The van der Waals surface area contributed by atoms with Gasteiger partial charge in [-0.3, -0.25) is 0 Å². The summed E-state index contributed by atoms with van der Waals surface area (Å²) in [6.07, 6.45) is -9.28. The minimum Gasteiger partial charge on any atom is -0.598 e. The Kier molecular flexibility index (Phi) is 11.5. The molecule has 262 valence electrons. The number of aromatic nitrogens is 2. The number of halogens is 6. The zero-order valence-corrected chi connectivity index (χ0v) is 29.5. The van der Waals surface area contributed by atoms with Crippen LogP contribution in [0.5, 0.6) is 0 Å². The number of nitrogens with zero attached hydrogens (tertiary/aromatic N) is 3. The lowest BCUT2D eigenvalue weighted by atomic mass is 10.1. The van der Waals surface area contributed by atoms with E-state index < -0.39 is 79.4 Å². The third-order valence-corrected chi connectivity index (χ3v) is 11.0. The van der Waals surface area contributed by atoms with Crippen molar-refractivity contribution >= 4 is 36.5 Å². The summed E-state index contributed by atoms with van der Waals surface area (Å²) < 4.78 is 109. The quantitative estimate of drug-likeness (QED) is 0.103. The molecule has 1 aliphatic rings. The maximum Gasteiger partial charge on any atom is 0.416 e. The molecule has 0 radical (unpaired) electrons. The highest BCUT2D eigenvalue weighted by Crippen LogP contribution is 2.35. The van der Waals surface area contributed by atoms with Gasteiger partial charge in [-0.2, -0.15) is 26.3 Å². The molecule has 0 spiro atoms. The molecule has 9 nitrogen and oxygen atoms in total. The molecule has 2 amide bonds. The summed E-state index contributed by atoms with van der Waals surface area (Å²) in [5.41, 5.74) is -1.13. The van der Waals surface area contributed by atoms with Crippen LogP contribution in [-0.4, -0.2) is 81.6 Å². The molecule has 2 N–H and O–H groups in total. The van der Waals surface area contributed by atoms with E-state index in [2.05, 4.69) is 24.4 Å². The standard InChI is InChI=1S/C29H45F6N5O4SSi/c1-18(39-15-23(28(30,31)32)37-25(39)41)19-10-11-22-20(14-19)36-24(40(22)17-43-12-13-46(7,8)9)21(38-45(42)26(2,3)4)16-44-27(5,6)29(33,34)35/h10-11,14,18,21,23,38H,12-13,15-17H2,1-9H3,(H,37,41)/t18-,21+,23+,45?/m1/s1. The number of ether oxygens (including phenoxy) is 2. The first-order valence-corrected chi connectivity index (χ1v) is 19.8. The van der Waals surface area contributed by atoms with Crippen molar-refractivity contribution in [3.63, 3.8) is 0 Å². The Morgan fingerprint density at radius 1 is 1.13 bits per heavy atom. The highest BCUT2D eigenvalue weighted by Gasteiger charge is 2.50. The lowest BCUT2D eigenvalue weighted by molar-refractivity contribution is -0.265. The van der Waals surface area contributed by atoms with Crippen LogP contribution < -0.4 is 10.0 Å². The first-order chi connectivity index (χ1) is 20.8. The predicted octanol–water partition coefficient (Wildman–Crippen LogP) is 6.82. The van der Waals surface area contributed by atoms with E-state index in [1.54, 1.807) is 50.5 Å². The summed E-state index contributed by atoms with van der Waals surface area (Å²) in [5, 5.41) is 1.96. The van der Waals surface area contributed by atoms with Crippen molar-refractivity contribution in [3.8, 4) is 0 Å². The molecule has 0 bridgehead atoms. The number of rotatable bonds is 13. The molecule has 2 aromatic rings. The smallest absolute Gasteiger partial charge is 0.416 e. The molecule has 2 heterocycles. The van der Waals surface area contributed by atoms with Crippen LogP contribution in [0.1, 0.15) is 65.0 Å². The van der Waals surface area contributed by atoms with Gasteiger partial charge < -0.3 is 28.8 Å². The molecule has 1 unspecified atom stereocenters. The number of hydrogen-bond acceptors (Lipinski definition) is 6. The van der Waals surface area contributed by atoms with Crippen molar-refractivity contribution in [2.75, 3.05) is 19.8 Å². The number of imidazole rings is 1. The molecular weight excluding hydrogens is 656 g/mol. The molecule has 1 aliphatic heterocycles. The first-order valence-electron chi connectivity index (χ1n) is 14.9. The Labute approximate surface area is 270 Å². The second kappa shape index (κ2) is 13.8. The Hall–Kier alpha value is -2.05. The van der Waals surface area contributed by atoms with Crippen LogP contribution >= 0.6 is 0 Å². The van der Waals surface area contributed by atoms with Crippen LogP contribution in [0.4, 0.5) is 31.1 Å². The molecule has 1 saturated heterocycles. The minimum absolute atomic E-state index is 0.0179. The topological polar surface area (TPSA) is 104 Å². The number of benzene rings is 1. The number of urea groups is 1. The zero-order chi connectivity index (χ0) is 35.0. The van der Waals surface area contributed by atoms with Crippen molar-refractivity contribution in [2.24, 2.45) is 0 Å². The van der Waals surface area contributed by atoms with Gasteiger partial charge in [0, 0.05) is 26.0 Å². The van der Waals surface area contributed by atoms with E-state index in [0.29, 0.717) is 23.2 Å². The van der Waals surface area contributed by atoms with Gasteiger partial charge in [0.1, 0.15) is 29.4 Å². The third-order valence-electron chi connectivity index (χ3n) is 7.71. The van der Waals surface area contributed by atoms with Crippen molar-refractivity contribution in [1.29, 1.82) is 0 Å². The first kappa shape index (κ1) is 38.4. The van der Waals surface area contributed by atoms with Gasteiger partial charge in [-0.1, -0.05) is 25.7 Å². The second-order valence-electron chi connectivity index (χ2n) is 14.2. The average molecular weight is 702 g/mol. The third kappa shape index (κ3) is 9.52. The lowest BCUT2D eigenvalue weighted by Gasteiger charge is -2.32. The highest BCUT2D eigenvalue weighted by atomic mass is 32.2. The van der Waals surface area contributed by atoms with E-state index in [9.17, 15) is 35.7 Å². The number of fused-ring (bicyclic) bond motifs is 1. The molecule has 1 fully saturated rings. The minimum atomic E-state index is -4.68.